The Balaban J connectivity index is 2.16. The number of hydrogen-bond acceptors (Lipinski definition) is 4. The van der Waals surface area contributed by atoms with E-state index in [-0.39, 0.29) is 0 Å². The molecular weight excluding hydrogens is 280 g/mol. The fourth-order valence-corrected chi connectivity index (χ4v) is 3.44. The molecule has 0 radical (unpaired) electrons. The molecule has 2 N–H and O–H groups in total. The maximum atomic E-state index is 4.42. The predicted molar refractivity (Wildman–Crippen MR) is 88.5 cm³/mol. The molecule has 2 rings (SSSR count). The van der Waals surface area contributed by atoms with Gasteiger partial charge >= 0.3 is 0 Å². The van der Waals surface area contributed by atoms with Gasteiger partial charge in [-0.15, -0.1) is 5.10 Å². The third-order valence-corrected chi connectivity index (χ3v) is 4.68. The van der Waals surface area contributed by atoms with Gasteiger partial charge in [-0.2, -0.15) is 0 Å². The van der Waals surface area contributed by atoms with Gasteiger partial charge in [-0.3, -0.25) is 5.10 Å². The molecule has 0 aliphatic heterocycles. The van der Waals surface area contributed by atoms with Gasteiger partial charge in [-0.05, 0) is 31.9 Å². The van der Waals surface area contributed by atoms with Crippen LogP contribution in [0.25, 0.3) is 0 Å². The molecule has 0 saturated heterocycles. The lowest BCUT2D eigenvalue weighted by molar-refractivity contribution is 0.504. The lowest BCUT2D eigenvalue weighted by Crippen LogP contribution is -2.30. The Morgan fingerprint density at radius 2 is 2.00 bits per heavy atom. The molecule has 114 valence electrons. The van der Waals surface area contributed by atoms with Gasteiger partial charge in [-0.1, -0.05) is 55.9 Å². The summed E-state index contributed by atoms with van der Waals surface area (Å²) in [5, 5.41) is 12.1. The molecule has 0 amide bonds. The quantitative estimate of drug-likeness (QED) is 0.730. The van der Waals surface area contributed by atoms with Gasteiger partial charge in [0.25, 0.3) is 0 Å². The zero-order valence-electron chi connectivity index (χ0n) is 13.0. The minimum absolute atomic E-state index is 0.319. The van der Waals surface area contributed by atoms with Crippen molar-refractivity contribution in [3.63, 3.8) is 0 Å². The Hall–Kier alpha value is -1.33. The highest BCUT2D eigenvalue weighted by Crippen LogP contribution is 2.32. The average Bonchev–Trinajstić information content (AvgIpc) is 2.92. The first-order chi connectivity index (χ1) is 10.2. The number of benzene rings is 1. The number of nitrogens with zero attached hydrogens (tertiary/aromatic N) is 2. The van der Waals surface area contributed by atoms with E-state index in [4.69, 9.17) is 0 Å². The summed E-state index contributed by atoms with van der Waals surface area (Å²) in [6.07, 6.45) is 2.19. The predicted octanol–water partition coefficient (Wildman–Crippen LogP) is 3.72. The molecule has 0 aliphatic carbocycles. The van der Waals surface area contributed by atoms with E-state index in [0.29, 0.717) is 11.3 Å². The standard InChI is InChI=1S/C16H24N4S/c1-4-11-17-15(13-9-7-6-8-10-13)14(5-2)21-16-18-12(3)19-20-16/h6-10,14-15,17H,4-5,11H2,1-3H3,(H,18,19,20). The second-order valence-electron chi connectivity index (χ2n) is 5.11. The molecule has 5 heteroatoms. The van der Waals surface area contributed by atoms with Gasteiger partial charge in [-0.25, -0.2) is 4.98 Å². The Bertz CT molecular complexity index is 526. The number of nitrogens with one attached hydrogen (secondary N) is 2. The zero-order valence-corrected chi connectivity index (χ0v) is 13.8. The molecule has 0 bridgehead atoms. The molecule has 4 nitrogen and oxygen atoms in total. The van der Waals surface area contributed by atoms with Gasteiger partial charge in [0.2, 0.25) is 5.16 Å². The number of aryl methyl sites for hydroxylation is 1. The van der Waals surface area contributed by atoms with Crippen molar-refractivity contribution in [2.24, 2.45) is 0 Å². The first kappa shape index (κ1) is 16.0. The SMILES string of the molecule is CCCNC(c1ccccc1)C(CC)Sc1n[nH]c(C)n1. The highest BCUT2D eigenvalue weighted by molar-refractivity contribution is 7.99. The summed E-state index contributed by atoms with van der Waals surface area (Å²) in [6.45, 7) is 7.37. The zero-order chi connectivity index (χ0) is 15.1. The molecule has 21 heavy (non-hydrogen) atoms. The summed E-state index contributed by atoms with van der Waals surface area (Å²) in [5.41, 5.74) is 1.33. The lowest BCUT2D eigenvalue weighted by Gasteiger charge is -2.26. The van der Waals surface area contributed by atoms with E-state index >= 15 is 0 Å². The lowest BCUT2D eigenvalue weighted by atomic mass is 10.0. The van der Waals surface area contributed by atoms with Crippen LogP contribution in [0.15, 0.2) is 35.5 Å². The number of rotatable bonds is 8. The van der Waals surface area contributed by atoms with Crippen molar-refractivity contribution in [3.8, 4) is 0 Å². The van der Waals surface area contributed by atoms with Gasteiger partial charge in [0.1, 0.15) is 5.82 Å². The molecule has 0 spiro atoms. The van der Waals surface area contributed by atoms with E-state index in [2.05, 4.69) is 64.7 Å². The van der Waals surface area contributed by atoms with Gasteiger partial charge in [0, 0.05) is 11.3 Å². The van der Waals surface area contributed by atoms with Crippen LogP contribution in [-0.4, -0.2) is 27.0 Å². The van der Waals surface area contributed by atoms with Gasteiger partial charge in [0.15, 0.2) is 0 Å². The van der Waals surface area contributed by atoms with E-state index in [1.54, 1.807) is 11.8 Å². The number of aromatic amines is 1. The molecular formula is C16H24N4S. The second-order valence-corrected chi connectivity index (χ2v) is 6.32. The van der Waals surface area contributed by atoms with Crippen molar-refractivity contribution >= 4 is 11.8 Å². The smallest absolute Gasteiger partial charge is 0.208 e. The van der Waals surface area contributed by atoms with Crippen LogP contribution in [0.1, 0.15) is 44.1 Å². The summed E-state index contributed by atoms with van der Waals surface area (Å²) in [4.78, 5) is 4.42. The van der Waals surface area contributed by atoms with Crippen LogP contribution in [0.3, 0.4) is 0 Å². The Morgan fingerprint density at radius 3 is 2.57 bits per heavy atom. The summed E-state index contributed by atoms with van der Waals surface area (Å²) in [6, 6.07) is 11.0. The first-order valence-electron chi connectivity index (χ1n) is 7.58. The number of aromatic nitrogens is 3. The third-order valence-electron chi connectivity index (χ3n) is 3.38. The minimum atomic E-state index is 0.319. The van der Waals surface area contributed by atoms with E-state index in [1.165, 1.54) is 5.56 Å². The van der Waals surface area contributed by atoms with Crippen LogP contribution in [0.2, 0.25) is 0 Å². The van der Waals surface area contributed by atoms with Gasteiger partial charge in [0.05, 0.1) is 0 Å². The molecule has 1 heterocycles. The topological polar surface area (TPSA) is 53.6 Å². The summed E-state index contributed by atoms with van der Waals surface area (Å²) in [5.74, 6) is 0.866. The molecule has 1 aromatic carbocycles. The number of hydrogen-bond donors (Lipinski definition) is 2. The van der Waals surface area contributed by atoms with Crippen molar-refractivity contribution in [1.82, 2.24) is 20.5 Å². The average molecular weight is 304 g/mol. The maximum Gasteiger partial charge on any atom is 0.208 e. The fourth-order valence-electron chi connectivity index (χ4n) is 2.32. The van der Waals surface area contributed by atoms with E-state index < -0.39 is 0 Å². The normalized spacial score (nSPS) is 14.0. The van der Waals surface area contributed by atoms with Crippen LogP contribution >= 0.6 is 11.8 Å². The first-order valence-corrected chi connectivity index (χ1v) is 8.46. The minimum Gasteiger partial charge on any atom is -0.309 e. The fraction of sp³-hybridized carbons (Fsp3) is 0.500. The highest BCUT2D eigenvalue weighted by Gasteiger charge is 2.23. The van der Waals surface area contributed by atoms with Crippen LogP contribution in [0.5, 0.6) is 0 Å². The van der Waals surface area contributed by atoms with Crippen LogP contribution < -0.4 is 5.32 Å². The second kappa shape index (κ2) is 8.20. The summed E-state index contributed by atoms with van der Waals surface area (Å²) in [7, 11) is 0. The number of thioether (sulfide) groups is 1. The molecule has 0 aliphatic rings. The van der Waals surface area contributed by atoms with Crippen molar-refractivity contribution in [2.75, 3.05) is 6.54 Å². The van der Waals surface area contributed by atoms with Crippen molar-refractivity contribution < 1.29 is 0 Å². The molecule has 2 aromatic rings. The van der Waals surface area contributed by atoms with E-state index in [9.17, 15) is 0 Å². The molecule has 0 fully saturated rings. The van der Waals surface area contributed by atoms with Crippen LogP contribution in [0.4, 0.5) is 0 Å². The molecule has 2 atom stereocenters. The van der Waals surface area contributed by atoms with E-state index in [0.717, 1.165) is 30.4 Å². The van der Waals surface area contributed by atoms with Crippen molar-refractivity contribution in [3.05, 3.63) is 41.7 Å². The molecule has 0 saturated carbocycles. The Kier molecular flexibility index (Phi) is 6.26. The van der Waals surface area contributed by atoms with Crippen molar-refractivity contribution in [1.29, 1.82) is 0 Å². The molecule has 2 unspecified atom stereocenters. The maximum absolute atomic E-state index is 4.42. The Morgan fingerprint density at radius 1 is 1.24 bits per heavy atom. The number of H-pyrrole nitrogens is 1. The van der Waals surface area contributed by atoms with Crippen LogP contribution in [0, 0.1) is 6.92 Å². The largest absolute Gasteiger partial charge is 0.309 e. The van der Waals surface area contributed by atoms with Crippen LogP contribution in [-0.2, 0) is 0 Å². The monoisotopic (exact) mass is 304 g/mol. The molecule has 1 aromatic heterocycles. The van der Waals surface area contributed by atoms with Crippen molar-refractivity contribution in [2.45, 2.75) is 50.1 Å². The summed E-state index contributed by atoms with van der Waals surface area (Å²) >= 11 is 1.75. The summed E-state index contributed by atoms with van der Waals surface area (Å²) < 4.78 is 0. The third kappa shape index (κ3) is 4.58. The van der Waals surface area contributed by atoms with E-state index in [1.807, 2.05) is 6.92 Å². The Labute approximate surface area is 131 Å². The van der Waals surface area contributed by atoms with Gasteiger partial charge < -0.3 is 5.32 Å². The highest BCUT2D eigenvalue weighted by atomic mass is 32.2.